The van der Waals surface area contributed by atoms with Crippen molar-refractivity contribution < 1.29 is 9.53 Å². The second-order valence-corrected chi connectivity index (χ2v) is 6.58. The molecule has 1 saturated heterocycles. The van der Waals surface area contributed by atoms with Gasteiger partial charge in [-0.05, 0) is 24.1 Å². The number of benzene rings is 2. The number of fused-ring (bicyclic) bond motifs is 1. The van der Waals surface area contributed by atoms with Crippen molar-refractivity contribution in [1.82, 2.24) is 9.47 Å². The van der Waals surface area contributed by atoms with Crippen LogP contribution in [0.5, 0.6) is 0 Å². The van der Waals surface area contributed by atoms with Gasteiger partial charge in [-0.3, -0.25) is 4.79 Å². The van der Waals surface area contributed by atoms with E-state index in [9.17, 15) is 4.79 Å². The molecule has 1 amide bonds. The van der Waals surface area contributed by atoms with Gasteiger partial charge in [0.1, 0.15) is 0 Å². The molecule has 4 nitrogen and oxygen atoms in total. The lowest BCUT2D eigenvalue weighted by Crippen LogP contribution is -2.40. The van der Waals surface area contributed by atoms with Crippen molar-refractivity contribution in [2.75, 3.05) is 26.3 Å². The molecule has 1 aliphatic heterocycles. The third-order valence-corrected chi connectivity index (χ3v) is 4.76. The molecule has 0 radical (unpaired) electrons. The summed E-state index contributed by atoms with van der Waals surface area (Å²) in [5.74, 6) is 0.101. The summed E-state index contributed by atoms with van der Waals surface area (Å²) in [6, 6.07) is 16.7. The van der Waals surface area contributed by atoms with E-state index in [0.29, 0.717) is 26.3 Å². The Balaban J connectivity index is 1.75. The van der Waals surface area contributed by atoms with Crippen LogP contribution in [0.25, 0.3) is 10.9 Å². The van der Waals surface area contributed by atoms with E-state index in [1.807, 2.05) is 29.3 Å². The number of morpholine rings is 1. The summed E-state index contributed by atoms with van der Waals surface area (Å²) in [5.41, 5.74) is 4.32. The summed E-state index contributed by atoms with van der Waals surface area (Å²) in [5, 5.41) is 1.03. The molecule has 0 spiro atoms. The Bertz CT molecular complexity index is 893. The molecule has 1 aliphatic rings. The van der Waals surface area contributed by atoms with Crippen LogP contribution in [-0.2, 0) is 11.3 Å². The Morgan fingerprint density at radius 3 is 2.60 bits per heavy atom. The van der Waals surface area contributed by atoms with Crippen molar-refractivity contribution in [3.05, 3.63) is 71.4 Å². The lowest BCUT2D eigenvalue weighted by Gasteiger charge is -2.26. The van der Waals surface area contributed by atoms with Crippen molar-refractivity contribution in [3.63, 3.8) is 0 Å². The first-order valence-corrected chi connectivity index (χ1v) is 8.73. The zero-order valence-electron chi connectivity index (χ0n) is 14.4. The summed E-state index contributed by atoms with van der Waals surface area (Å²) in [7, 11) is 0. The molecule has 1 fully saturated rings. The second kappa shape index (κ2) is 6.73. The molecular formula is C21H22N2O2. The minimum Gasteiger partial charge on any atom is -0.378 e. The Labute approximate surface area is 147 Å². The molecule has 25 heavy (non-hydrogen) atoms. The highest BCUT2D eigenvalue weighted by Gasteiger charge is 2.22. The maximum atomic E-state index is 13.0. The minimum atomic E-state index is 0.101. The number of hydrogen-bond acceptors (Lipinski definition) is 2. The highest BCUT2D eigenvalue weighted by Crippen LogP contribution is 2.25. The predicted octanol–water partition coefficient (Wildman–Crippen LogP) is 3.47. The smallest absolute Gasteiger partial charge is 0.256 e. The first-order valence-electron chi connectivity index (χ1n) is 8.73. The summed E-state index contributed by atoms with van der Waals surface area (Å²) in [4.78, 5) is 14.9. The fraction of sp³-hybridized carbons (Fsp3) is 0.286. The van der Waals surface area contributed by atoms with Crippen molar-refractivity contribution in [3.8, 4) is 0 Å². The molecule has 0 atom stereocenters. The van der Waals surface area contributed by atoms with Gasteiger partial charge in [0.25, 0.3) is 5.91 Å². The zero-order chi connectivity index (χ0) is 17.2. The highest BCUT2D eigenvalue weighted by molar-refractivity contribution is 6.07. The maximum Gasteiger partial charge on any atom is 0.256 e. The highest BCUT2D eigenvalue weighted by atomic mass is 16.5. The van der Waals surface area contributed by atoms with Crippen molar-refractivity contribution in [1.29, 1.82) is 0 Å². The van der Waals surface area contributed by atoms with E-state index in [-0.39, 0.29) is 5.91 Å². The summed E-state index contributed by atoms with van der Waals surface area (Å²) >= 11 is 0. The van der Waals surface area contributed by atoms with E-state index in [1.54, 1.807) is 0 Å². The first kappa shape index (κ1) is 15.9. The lowest BCUT2D eigenvalue weighted by molar-refractivity contribution is 0.0304. The van der Waals surface area contributed by atoms with Gasteiger partial charge in [-0.2, -0.15) is 0 Å². The van der Waals surface area contributed by atoms with Crippen LogP contribution in [0.3, 0.4) is 0 Å². The van der Waals surface area contributed by atoms with Gasteiger partial charge in [0.15, 0.2) is 0 Å². The van der Waals surface area contributed by atoms with Crippen LogP contribution in [0.2, 0.25) is 0 Å². The van der Waals surface area contributed by atoms with Gasteiger partial charge in [0.05, 0.1) is 18.8 Å². The van der Waals surface area contributed by atoms with Gasteiger partial charge in [0.2, 0.25) is 0 Å². The zero-order valence-corrected chi connectivity index (χ0v) is 14.4. The fourth-order valence-electron chi connectivity index (χ4n) is 3.42. The second-order valence-electron chi connectivity index (χ2n) is 6.58. The third kappa shape index (κ3) is 3.17. The molecule has 0 aliphatic carbocycles. The van der Waals surface area contributed by atoms with E-state index in [4.69, 9.17) is 4.74 Å². The van der Waals surface area contributed by atoms with Crippen LogP contribution in [0.15, 0.2) is 54.7 Å². The molecule has 128 valence electrons. The molecule has 2 heterocycles. The van der Waals surface area contributed by atoms with Crippen molar-refractivity contribution >= 4 is 16.8 Å². The summed E-state index contributed by atoms with van der Waals surface area (Å²) in [6.45, 7) is 5.41. The maximum absolute atomic E-state index is 13.0. The molecule has 4 heteroatoms. The number of carbonyl (C=O) groups is 1. The van der Waals surface area contributed by atoms with Gasteiger partial charge in [-0.15, -0.1) is 0 Å². The van der Waals surface area contributed by atoms with Crippen LogP contribution < -0.4 is 0 Å². The quantitative estimate of drug-likeness (QED) is 0.735. The monoisotopic (exact) mass is 334 g/mol. The van der Waals surface area contributed by atoms with Gasteiger partial charge in [-0.1, -0.05) is 42.5 Å². The molecular weight excluding hydrogens is 312 g/mol. The Kier molecular flexibility index (Phi) is 4.28. The Morgan fingerprint density at radius 1 is 1.08 bits per heavy atom. The molecule has 0 bridgehead atoms. The number of carbonyl (C=O) groups excluding carboxylic acids is 1. The molecule has 0 unspecified atom stereocenters. The lowest BCUT2D eigenvalue weighted by atomic mass is 10.1. The summed E-state index contributed by atoms with van der Waals surface area (Å²) in [6.07, 6.45) is 2.01. The Morgan fingerprint density at radius 2 is 1.84 bits per heavy atom. The summed E-state index contributed by atoms with van der Waals surface area (Å²) < 4.78 is 7.56. The van der Waals surface area contributed by atoms with Gasteiger partial charge >= 0.3 is 0 Å². The number of hydrogen-bond donors (Lipinski definition) is 0. The van der Waals surface area contributed by atoms with E-state index in [0.717, 1.165) is 23.0 Å². The molecule has 1 aromatic heterocycles. The molecule has 2 aromatic carbocycles. The van der Waals surface area contributed by atoms with Crippen LogP contribution >= 0.6 is 0 Å². The van der Waals surface area contributed by atoms with Gasteiger partial charge in [-0.25, -0.2) is 0 Å². The number of rotatable bonds is 3. The standard InChI is InChI=1S/C21H22N2O2/c1-16-7-8-18-19(21(24)22-9-11-25-12-10-22)15-23(20(18)13-16)14-17-5-3-2-4-6-17/h2-8,13,15H,9-12,14H2,1H3. The van der Waals surface area contributed by atoms with Crippen molar-refractivity contribution in [2.24, 2.45) is 0 Å². The van der Waals surface area contributed by atoms with E-state index >= 15 is 0 Å². The number of ether oxygens (including phenoxy) is 1. The van der Waals surface area contributed by atoms with Gasteiger partial charge < -0.3 is 14.2 Å². The van der Waals surface area contributed by atoms with Crippen molar-refractivity contribution in [2.45, 2.75) is 13.5 Å². The van der Waals surface area contributed by atoms with E-state index in [1.165, 1.54) is 11.1 Å². The van der Waals surface area contributed by atoms with Gasteiger partial charge in [0, 0.05) is 36.7 Å². The number of amides is 1. The van der Waals surface area contributed by atoms with Crippen LogP contribution in [0.1, 0.15) is 21.5 Å². The fourth-order valence-corrected chi connectivity index (χ4v) is 3.42. The normalized spacial score (nSPS) is 14.8. The minimum absolute atomic E-state index is 0.101. The number of aryl methyl sites for hydroxylation is 1. The molecule has 3 aromatic rings. The Hall–Kier alpha value is -2.59. The predicted molar refractivity (Wildman–Crippen MR) is 98.9 cm³/mol. The third-order valence-electron chi connectivity index (χ3n) is 4.76. The van der Waals surface area contributed by atoms with Crippen LogP contribution in [0.4, 0.5) is 0 Å². The van der Waals surface area contributed by atoms with E-state index < -0.39 is 0 Å². The molecule has 0 N–H and O–H groups in total. The average Bonchev–Trinajstić information content (AvgIpc) is 3.00. The molecule has 4 rings (SSSR count). The number of aromatic nitrogens is 1. The first-order chi connectivity index (χ1) is 12.2. The van der Waals surface area contributed by atoms with Crippen LogP contribution in [0, 0.1) is 6.92 Å². The van der Waals surface area contributed by atoms with Crippen LogP contribution in [-0.4, -0.2) is 41.7 Å². The topological polar surface area (TPSA) is 34.5 Å². The SMILES string of the molecule is Cc1ccc2c(C(=O)N3CCOCC3)cn(Cc3ccccc3)c2c1. The number of nitrogens with zero attached hydrogens (tertiary/aromatic N) is 2. The largest absolute Gasteiger partial charge is 0.378 e. The molecule has 0 saturated carbocycles. The average molecular weight is 334 g/mol. The van der Waals surface area contributed by atoms with E-state index in [2.05, 4.69) is 41.8 Å².